The highest BCUT2D eigenvalue weighted by molar-refractivity contribution is 5.29. The van der Waals surface area contributed by atoms with Crippen LogP contribution < -0.4 is 10.1 Å². The summed E-state index contributed by atoms with van der Waals surface area (Å²) in [5, 5.41) is 3.28. The predicted octanol–water partition coefficient (Wildman–Crippen LogP) is 1.70. The van der Waals surface area contributed by atoms with Crippen LogP contribution in [0.15, 0.2) is 12.4 Å². The van der Waals surface area contributed by atoms with E-state index in [9.17, 15) is 0 Å². The highest BCUT2D eigenvalue weighted by Crippen LogP contribution is 2.28. The van der Waals surface area contributed by atoms with Crippen molar-refractivity contribution in [3.63, 3.8) is 0 Å². The fourth-order valence-corrected chi connectivity index (χ4v) is 1.70. The summed E-state index contributed by atoms with van der Waals surface area (Å²) in [5.41, 5.74) is 0. The molecule has 14 heavy (non-hydrogen) atoms. The Balaban J connectivity index is 1.90. The zero-order valence-electron chi connectivity index (χ0n) is 8.53. The minimum atomic E-state index is 0.554. The van der Waals surface area contributed by atoms with Crippen LogP contribution in [0.3, 0.4) is 0 Å². The van der Waals surface area contributed by atoms with Crippen molar-refractivity contribution in [1.29, 1.82) is 0 Å². The second kappa shape index (κ2) is 3.82. The molecule has 4 heteroatoms. The van der Waals surface area contributed by atoms with Crippen LogP contribution in [0.2, 0.25) is 0 Å². The van der Waals surface area contributed by atoms with E-state index in [4.69, 9.17) is 4.74 Å². The molecule has 0 saturated heterocycles. The number of nitrogens with one attached hydrogen (secondary N) is 1. The molecule has 1 saturated carbocycles. The molecule has 0 radical (unpaired) electrons. The Morgan fingerprint density at radius 1 is 1.36 bits per heavy atom. The van der Waals surface area contributed by atoms with E-state index in [1.54, 1.807) is 19.5 Å². The van der Waals surface area contributed by atoms with Crippen LogP contribution in [-0.2, 0) is 0 Å². The summed E-state index contributed by atoms with van der Waals surface area (Å²) in [6.07, 6.45) is 5.79. The molecule has 1 N–H and O–H groups in total. The number of anilines is 1. The Labute approximate surface area is 83.7 Å². The van der Waals surface area contributed by atoms with E-state index in [1.165, 1.54) is 12.8 Å². The maximum absolute atomic E-state index is 4.98. The Hall–Kier alpha value is -1.32. The zero-order valence-corrected chi connectivity index (χ0v) is 8.53. The summed E-state index contributed by atoms with van der Waals surface area (Å²) in [6.45, 7) is 2.26. The standard InChI is InChI=1S/C10H15N3O/c1-7-3-8(4-7)13-10-11-5-9(14-2)6-12-10/h5-8H,3-4H2,1-2H3,(H,11,12,13). The third-order valence-electron chi connectivity index (χ3n) is 2.57. The van der Waals surface area contributed by atoms with Gasteiger partial charge in [0, 0.05) is 6.04 Å². The maximum Gasteiger partial charge on any atom is 0.223 e. The summed E-state index contributed by atoms with van der Waals surface area (Å²) in [5.74, 6) is 2.23. The lowest BCUT2D eigenvalue weighted by atomic mass is 9.82. The van der Waals surface area contributed by atoms with Crippen molar-refractivity contribution in [1.82, 2.24) is 9.97 Å². The molecule has 1 aromatic heterocycles. The lowest BCUT2D eigenvalue weighted by molar-refractivity contribution is 0.308. The molecular weight excluding hydrogens is 178 g/mol. The highest BCUT2D eigenvalue weighted by Gasteiger charge is 2.25. The van der Waals surface area contributed by atoms with Crippen LogP contribution in [0.5, 0.6) is 5.75 Å². The molecule has 1 heterocycles. The van der Waals surface area contributed by atoms with Crippen LogP contribution in [-0.4, -0.2) is 23.1 Å². The van der Waals surface area contributed by atoms with Gasteiger partial charge in [-0.1, -0.05) is 6.92 Å². The Morgan fingerprint density at radius 3 is 2.50 bits per heavy atom. The van der Waals surface area contributed by atoms with Crippen molar-refractivity contribution in [2.24, 2.45) is 5.92 Å². The van der Waals surface area contributed by atoms with Gasteiger partial charge in [0.2, 0.25) is 5.95 Å². The third-order valence-corrected chi connectivity index (χ3v) is 2.57. The Morgan fingerprint density at radius 2 is 2.00 bits per heavy atom. The number of hydrogen-bond donors (Lipinski definition) is 1. The molecule has 2 rings (SSSR count). The first-order valence-corrected chi connectivity index (χ1v) is 4.90. The lowest BCUT2D eigenvalue weighted by Gasteiger charge is -2.33. The second-order valence-electron chi connectivity index (χ2n) is 3.86. The van der Waals surface area contributed by atoms with Gasteiger partial charge < -0.3 is 10.1 Å². The molecule has 1 aromatic rings. The quantitative estimate of drug-likeness (QED) is 0.793. The van der Waals surface area contributed by atoms with Gasteiger partial charge in [-0.25, -0.2) is 9.97 Å². The molecule has 0 bridgehead atoms. The van der Waals surface area contributed by atoms with Crippen LogP contribution in [0.4, 0.5) is 5.95 Å². The van der Waals surface area contributed by atoms with Gasteiger partial charge in [-0.3, -0.25) is 0 Å². The smallest absolute Gasteiger partial charge is 0.223 e. The van der Waals surface area contributed by atoms with E-state index >= 15 is 0 Å². The number of rotatable bonds is 3. The molecule has 1 aliphatic rings. The van der Waals surface area contributed by atoms with Gasteiger partial charge in [0.25, 0.3) is 0 Å². The van der Waals surface area contributed by atoms with Crippen molar-refractivity contribution in [3.8, 4) is 5.75 Å². The number of aromatic nitrogens is 2. The van der Waals surface area contributed by atoms with E-state index in [-0.39, 0.29) is 0 Å². The van der Waals surface area contributed by atoms with Crippen molar-refractivity contribution < 1.29 is 4.74 Å². The molecule has 76 valence electrons. The molecule has 0 amide bonds. The molecule has 0 atom stereocenters. The average molecular weight is 193 g/mol. The zero-order chi connectivity index (χ0) is 9.97. The van der Waals surface area contributed by atoms with Crippen molar-refractivity contribution in [3.05, 3.63) is 12.4 Å². The Kier molecular flexibility index (Phi) is 2.52. The van der Waals surface area contributed by atoms with Gasteiger partial charge in [0.1, 0.15) is 0 Å². The minimum absolute atomic E-state index is 0.554. The molecular formula is C10H15N3O. The normalized spacial score (nSPS) is 25.3. The average Bonchev–Trinajstić information content (AvgIpc) is 2.17. The molecule has 1 aliphatic carbocycles. The highest BCUT2D eigenvalue weighted by atomic mass is 16.5. The first-order valence-electron chi connectivity index (χ1n) is 4.90. The lowest BCUT2D eigenvalue weighted by Crippen LogP contribution is -2.34. The van der Waals surface area contributed by atoms with Gasteiger partial charge in [-0.15, -0.1) is 0 Å². The fourth-order valence-electron chi connectivity index (χ4n) is 1.70. The molecule has 4 nitrogen and oxygen atoms in total. The summed E-state index contributed by atoms with van der Waals surface area (Å²) in [4.78, 5) is 8.30. The topological polar surface area (TPSA) is 47.0 Å². The largest absolute Gasteiger partial charge is 0.494 e. The minimum Gasteiger partial charge on any atom is -0.494 e. The summed E-state index contributed by atoms with van der Waals surface area (Å²) >= 11 is 0. The predicted molar refractivity (Wildman–Crippen MR) is 54.4 cm³/mol. The van der Waals surface area contributed by atoms with Gasteiger partial charge in [-0.2, -0.15) is 0 Å². The van der Waals surface area contributed by atoms with E-state index in [0.29, 0.717) is 17.7 Å². The van der Waals surface area contributed by atoms with Crippen molar-refractivity contribution >= 4 is 5.95 Å². The fraction of sp³-hybridized carbons (Fsp3) is 0.600. The van der Waals surface area contributed by atoms with Gasteiger partial charge in [-0.05, 0) is 18.8 Å². The van der Waals surface area contributed by atoms with Crippen molar-refractivity contribution in [2.75, 3.05) is 12.4 Å². The molecule has 0 aliphatic heterocycles. The number of hydrogen-bond acceptors (Lipinski definition) is 4. The number of nitrogens with zero attached hydrogens (tertiary/aromatic N) is 2. The van der Waals surface area contributed by atoms with E-state index < -0.39 is 0 Å². The summed E-state index contributed by atoms with van der Waals surface area (Å²) < 4.78 is 4.98. The monoisotopic (exact) mass is 193 g/mol. The van der Waals surface area contributed by atoms with Gasteiger partial charge >= 0.3 is 0 Å². The van der Waals surface area contributed by atoms with Gasteiger partial charge in [0.15, 0.2) is 5.75 Å². The molecule has 1 fully saturated rings. The van der Waals surface area contributed by atoms with Gasteiger partial charge in [0.05, 0.1) is 19.5 Å². The molecule has 0 spiro atoms. The number of methoxy groups -OCH3 is 1. The van der Waals surface area contributed by atoms with Crippen LogP contribution in [0.25, 0.3) is 0 Å². The van der Waals surface area contributed by atoms with E-state index in [1.807, 2.05) is 0 Å². The van der Waals surface area contributed by atoms with E-state index in [0.717, 1.165) is 5.92 Å². The summed E-state index contributed by atoms with van der Waals surface area (Å²) in [6, 6.07) is 0.554. The number of ether oxygens (including phenoxy) is 1. The first-order chi connectivity index (χ1) is 6.78. The maximum atomic E-state index is 4.98. The van der Waals surface area contributed by atoms with Crippen LogP contribution in [0, 0.1) is 5.92 Å². The van der Waals surface area contributed by atoms with Crippen LogP contribution >= 0.6 is 0 Å². The van der Waals surface area contributed by atoms with Crippen LogP contribution in [0.1, 0.15) is 19.8 Å². The molecule has 0 aromatic carbocycles. The third kappa shape index (κ3) is 1.95. The van der Waals surface area contributed by atoms with Crippen molar-refractivity contribution in [2.45, 2.75) is 25.8 Å². The Bertz CT molecular complexity index is 293. The second-order valence-corrected chi connectivity index (χ2v) is 3.86. The SMILES string of the molecule is COc1cnc(NC2CC(C)C2)nc1. The molecule has 0 unspecified atom stereocenters. The first kappa shape index (κ1) is 9.24. The summed E-state index contributed by atoms with van der Waals surface area (Å²) in [7, 11) is 1.61. The van der Waals surface area contributed by atoms with E-state index in [2.05, 4.69) is 22.2 Å².